The molecule has 0 radical (unpaired) electrons. The van der Waals surface area contributed by atoms with Gasteiger partial charge in [0.2, 0.25) is 0 Å². The molecule has 8 nitrogen and oxygen atoms in total. The van der Waals surface area contributed by atoms with Crippen LogP contribution in [0.2, 0.25) is 5.02 Å². The summed E-state index contributed by atoms with van der Waals surface area (Å²) in [4.78, 5) is 24.6. The fraction of sp³-hybridized carbons (Fsp3) is 0.0435. The molecule has 3 aromatic carbocycles. The lowest BCUT2D eigenvalue weighted by atomic mass is 10.1. The second-order valence-corrected chi connectivity index (χ2v) is 7.17. The van der Waals surface area contributed by atoms with Crippen LogP contribution < -0.4 is 15.6 Å². The molecule has 0 fully saturated rings. The van der Waals surface area contributed by atoms with E-state index in [2.05, 4.69) is 21.2 Å². The van der Waals surface area contributed by atoms with Gasteiger partial charge in [-0.25, -0.2) is 4.68 Å². The van der Waals surface area contributed by atoms with Gasteiger partial charge in [-0.1, -0.05) is 47.1 Å². The SMILES string of the molecule is O=C(NNC(=O)c1cn(-c2ccccc2)nn1)c1ccc(COc2ccc(Cl)cc2)cc1. The molecular weight excluding hydrogens is 430 g/mol. The summed E-state index contributed by atoms with van der Waals surface area (Å²) in [6.07, 6.45) is 1.48. The minimum Gasteiger partial charge on any atom is -0.489 e. The molecule has 0 bridgehead atoms. The van der Waals surface area contributed by atoms with E-state index in [0.717, 1.165) is 11.3 Å². The van der Waals surface area contributed by atoms with Gasteiger partial charge in [0.1, 0.15) is 12.4 Å². The summed E-state index contributed by atoms with van der Waals surface area (Å²) >= 11 is 5.86. The Kier molecular flexibility index (Phi) is 6.43. The molecule has 160 valence electrons. The molecule has 1 aromatic heterocycles. The standard InChI is InChI=1S/C23H18ClN5O3/c24-18-10-12-20(13-11-18)32-15-16-6-8-17(9-7-16)22(30)26-27-23(31)21-14-29(28-25-21)19-4-2-1-3-5-19/h1-14H,15H2,(H,26,30)(H,27,31). The Morgan fingerprint density at radius 2 is 1.56 bits per heavy atom. The van der Waals surface area contributed by atoms with E-state index in [1.54, 1.807) is 48.5 Å². The Hall–Kier alpha value is -4.17. The van der Waals surface area contributed by atoms with Gasteiger partial charge in [0, 0.05) is 10.6 Å². The maximum atomic E-state index is 12.3. The molecule has 2 N–H and O–H groups in total. The second kappa shape index (κ2) is 9.76. The quantitative estimate of drug-likeness (QED) is 0.440. The van der Waals surface area contributed by atoms with Gasteiger partial charge in [0.05, 0.1) is 11.9 Å². The number of carbonyl (C=O) groups is 2. The van der Waals surface area contributed by atoms with Crippen molar-refractivity contribution in [2.45, 2.75) is 6.61 Å². The number of halogens is 1. The molecule has 0 spiro atoms. The molecule has 2 amide bonds. The molecule has 9 heteroatoms. The summed E-state index contributed by atoms with van der Waals surface area (Å²) in [5, 5.41) is 8.39. The van der Waals surface area contributed by atoms with Crippen molar-refractivity contribution in [1.82, 2.24) is 25.8 Å². The van der Waals surface area contributed by atoms with Gasteiger partial charge >= 0.3 is 0 Å². The maximum Gasteiger partial charge on any atom is 0.291 e. The molecule has 0 saturated heterocycles. The lowest BCUT2D eigenvalue weighted by Crippen LogP contribution is -2.41. The highest BCUT2D eigenvalue weighted by Gasteiger charge is 2.13. The maximum absolute atomic E-state index is 12.3. The molecular formula is C23H18ClN5O3. The van der Waals surface area contributed by atoms with Gasteiger partial charge in [-0.2, -0.15) is 0 Å². The fourth-order valence-corrected chi connectivity index (χ4v) is 2.90. The summed E-state index contributed by atoms with van der Waals surface area (Å²) in [5.41, 5.74) is 6.82. The number of hydrogen-bond acceptors (Lipinski definition) is 5. The van der Waals surface area contributed by atoms with Crippen LogP contribution in [0.15, 0.2) is 85.1 Å². The van der Waals surface area contributed by atoms with Crippen molar-refractivity contribution in [1.29, 1.82) is 0 Å². The van der Waals surface area contributed by atoms with Crippen LogP contribution in [0.1, 0.15) is 26.4 Å². The number of ether oxygens (including phenoxy) is 1. The van der Waals surface area contributed by atoms with Crippen LogP contribution >= 0.6 is 11.6 Å². The van der Waals surface area contributed by atoms with E-state index in [1.165, 1.54) is 10.9 Å². The molecule has 0 unspecified atom stereocenters. The third kappa shape index (κ3) is 5.30. The lowest BCUT2D eigenvalue weighted by Gasteiger charge is -2.08. The van der Waals surface area contributed by atoms with Crippen LogP contribution in [0.3, 0.4) is 0 Å². The van der Waals surface area contributed by atoms with E-state index in [-0.39, 0.29) is 5.69 Å². The smallest absolute Gasteiger partial charge is 0.291 e. The van der Waals surface area contributed by atoms with Gasteiger partial charge < -0.3 is 4.74 Å². The molecule has 32 heavy (non-hydrogen) atoms. The van der Waals surface area contributed by atoms with Crippen LogP contribution in [-0.4, -0.2) is 26.8 Å². The molecule has 0 aliphatic heterocycles. The van der Waals surface area contributed by atoms with Crippen molar-refractivity contribution in [2.75, 3.05) is 0 Å². The van der Waals surface area contributed by atoms with Crippen LogP contribution in [0.25, 0.3) is 5.69 Å². The molecule has 1 heterocycles. The number of aromatic nitrogens is 3. The zero-order valence-corrected chi connectivity index (χ0v) is 17.5. The van der Waals surface area contributed by atoms with Crippen molar-refractivity contribution in [3.8, 4) is 11.4 Å². The van der Waals surface area contributed by atoms with Crippen molar-refractivity contribution in [3.05, 3.63) is 107 Å². The van der Waals surface area contributed by atoms with Gasteiger partial charge in [0.15, 0.2) is 5.69 Å². The minimum atomic E-state index is -0.575. The highest BCUT2D eigenvalue weighted by Crippen LogP contribution is 2.17. The first-order valence-electron chi connectivity index (χ1n) is 9.64. The van der Waals surface area contributed by atoms with Crippen LogP contribution in [0.4, 0.5) is 0 Å². The highest BCUT2D eigenvalue weighted by molar-refractivity contribution is 6.30. The molecule has 0 saturated carbocycles. The fourth-order valence-electron chi connectivity index (χ4n) is 2.77. The largest absolute Gasteiger partial charge is 0.489 e. The Labute approximate surface area is 188 Å². The van der Waals surface area contributed by atoms with E-state index >= 15 is 0 Å². The number of hydrogen-bond donors (Lipinski definition) is 2. The Bertz CT molecular complexity index is 1210. The van der Waals surface area contributed by atoms with E-state index < -0.39 is 11.8 Å². The van der Waals surface area contributed by atoms with E-state index in [1.807, 2.05) is 30.3 Å². The second-order valence-electron chi connectivity index (χ2n) is 6.73. The highest BCUT2D eigenvalue weighted by atomic mass is 35.5. The van der Waals surface area contributed by atoms with Gasteiger partial charge in [-0.05, 0) is 54.1 Å². The van der Waals surface area contributed by atoms with Gasteiger partial charge in [-0.3, -0.25) is 20.4 Å². The Morgan fingerprint density at radius 3 is 2.28 bits per heavy atom. The molecule has 0 aliphatic carbocycles. The number of nitrogens with one attached hydrogen (secondary N) is 2. The third-order valence-corrected chi connectivity index (χ3v) is 4.72. The number of nitrogens with zero attached hydrogens (tertiary/aromatic N) is 3. The van der Waals surface area contributed by atoms with Crippen LogP contribution in [-0.2, 0) is 6.61 Å². The molecule has 0 atom stereocenters. The number of benzene rings is 3. The van der Waals surface area contributed by atoms with E-state index in [0.29, 0.717) is 22.9 Å². The number of rotatable bonds is 6. The van der Waals surface area contributed by atoms with E-state index in [9.17, 15) is 9.59 Å². The first-order valence-corrected chi connectivity index (χ1v) is 10.0. The van der Waals surface area contributed by atoms with Crippen molar-refractivity contribution in [2.24, 2.45) is 0 Å². The van der Waals surface area contributed by atoms with Crippen LogP contribution in [0, 0.1) is 0 Å². The van der Waals surface area contributed by atoms with Gasteiger partial charge in [-0.15, -0.1) is 5.10 Å². The number of hydrazine groups is 1. The Balaban J connectivity index is 1.29. The monoisotopic (exact) mass is 447 g/mol. The normalized spacial score (nSPS) is 10.4. The topological polar surface area (TPSA) is 98.1 Å². The summed E-state index contributed by atoms with van der Waals surface area (Å²) < 4.78 is 7.15. The van der Waals surface area contributed by atoms with Gasteiger partial charge in [0.25, 0.3) is 11.8 Å². The summed E-state index contributed by atoms with van der Waals surface area (Å²) in [5.74, 6) is -0.337. The predicted molar refractivity (Wildman–Crippen MR) is 119 cm³/mol. The molecule has 4 aromatic rings. The Morgan fingerprint density at radius 1 is 0.875 bits per heavy atom. The summed E-state index contributed by atoms with van der Waals surface area (Å²) in [7, 11) is 0. The average molecular weight is 448 g/mol. The average Bonchev–Trinajstić information content (AvgIpc) is 3.33. The molecule has 4 rings (SSSR count). The first-order chi connectivity index (χ1) is 15.6. The zero-order valence-electron chi connectivity index (χ0n) is 16.7. The number of para-hydroxylation sites is 1. The third-order valence-electron chi connectivity index (χ3n) is 4.47. The lowest BCUT2D eigenvalue weighted by molar-refractivity contribution is 0.0844. The first kappa shape index (κ1) is 21.1. The zero-order chi connectivity index (χ0) is 22.3. The van der Waals surface area contributed by atoms with E-state index in [4.69, 9.17) is 16.3 Å². The number of carbonyl (C=O) groups excluding carboxylic acids is 2. The van der Waals surface area contributed by atoms with Crippen molar-refractivity contribution < 1.29 is 14.3 Å². The van der Waals surface area contributed by atoms with Crippen LogP contribution in [0.5, 0.6) is 5.75 Å². The summed E-state index contributed by atoms with van der Waals surface area (Å²) in [6, 6.07) is 23.2. The number of amides is 2. The van der Waals surface area contributed by atoms with Crippen molar-refractivity contribution >= 4 is 23.4 Å². The molecule has 0 aliphatic rings. The predicted octanol–water partition coefficient (Wildman–Crippen LogP) is 3.57. The van der Waals surface area contributed by atoms with Crippen molar-refractivity contribution in [3.63, 3.8) is 0 Å². The summed E-state index contributed by atoms with van der Waals surface area (Å²) in [6.45, 7) is 0.345. The minimum absolute atomic E-state index is 0.0730.